The van der Waals surface area contributed by atoms with E-state index in [-0.39, 0.29) is 19.4 Å². The van der Waals surface area contributed by atoms with Crippen molar-refractivity contribution in [3.8, 4) is 11.3 Å². The maximum atomic E-state index is 11.9. The van der Waals surface area contributed by atoms with Crippen LogP contribution in [0.3, 0.4) is 0 Å². The van der Waals surface area contributed by atoms with Crippen LogP contribution in [-0.4, -0.2) is 90.8 Å². The third-order valence-electron chi connectivity index (χ3n) is 10.6. The molecule has 12 nitrogen and oxygen atoms in total. The number of aryl methyl sites for hydroxylation is 6. The zero-order valence-electron chi connectivity index (χ0n) is 33.4. The van der Waals surface area contributed by atoms with Gasteiger partial charge in [0, 0.05) is 17.0 Å². The summed E-state index contributed by atoms with van der Waals surface area (Å²) in [5.74, 6) is 2.23. The molecule has 0 spiro atoms. The van der Waals surface area contributed by atoms with Gasteiger partial charge in [0.25, 0.3) is 0 Å². The van der Waals surface area contributed by atoms with Gasteiger partial charge in [-0.25, -0.2) is 19.6 Å². The molecule has 14 heteroatoms. The third kappa shape index (κ3) is 9.53. The standard InChI is InChI=1S/C17H20N2O3.C16H23BO4.C7H9IN2O.CH4/c1-9-5-10(2)14(17(20)21-4)6-13(9)15-11(3)18-16(19-15)12-7-22-8-12;1-10-8-11(2)13(9-12(10)14(18)19-7)17-20-15(3,4)16(5,6)21-17;1-4-6(8)10-7(9-4)5-2-11-3-5;/h5-6,12H,7-8H2,1-4H3,(H,18,19);8-9H,1-7H3;5H,2-3H2,1H3,(H,9,10);1H4. The summed E-state index contributed by atoms with van der Waals surface area (Å²) in [4.78, 5) is 39.5. The molecule has 7 rings (SSSR count). The molecule has 3 aliphatic heterocycles. The van der Waals surface area contributed by atoms with Crippen LogP contribution in [0.5, 0.6) is 0 Å². The Bertz CT molecular complexity index is 1980. The number of ether oxygens (including phenoxy) is 4. The number of hydrogen-bond donors (Lipinski definition) is 2. The van der Waals surface area contributed by atoms with E-state index < -0.39 is 18.3 Å². The van der Waals surface area contributed by atoms with E-state index in [4.69, 9.17) is 33.2 Å². The molecule has 0 radical (unpaired) electrons. The molecular formula is C41H56BIN4O8. The number of nitrogens with one attached hydrogen (secondary N) is 2. The Balaban J connectivity index is 0.000000191. The second-order valence-corrected chi connectivity index (χ2v) is 16.2. The number of esters is 2. The Morgan fingerprint density at radius 3 is 1.60 bits per heavy atom. The smallest absolute Gasteiger partial charge is 0.465 e. The first-order chi connectivity index (χ1) is 25.4. The van der Waals surface area contributed by atoms with Crippen LogP contribution in [0.2, 0.25) is 0 Å². The Morgan fingerprint density at radius 1 is 0.709 bits per heavy atom. The van der Waals surface area contributed by atoms with Gasteiger partial charge < -0.3 is 38.2 Å². The number of methoxy groups -OCH3 is 2. The molecule has 3 fully saturated rings. The fourth-order valence-electron chi connectivity index (χ4n) is 6.24. The lowest BCUT2D eigenvalue weighted by Gasteiger charge is -2.32. The molecule has 4 aromatic rings. The minimum absolute atomic E-state index is 0. The monoisotopic (exact) mass is 870 g/mol. The van der Waals surface area contributed by atoms with Crippen molar-refractivity contribution < 1.29 is 37.8 Å². The molecule has 55 heavy (non-hydrogen) atoms. The number of rotatable bonds is 6. The number of H-pyrrole nitrogens is 2. The Hall–Kier alpha value is -3.57. The number of imidazole rings is 2. The summed E-state index contributed by atoms with van der Waals surface area (Å²) >= 11 is 2.24. The van der Waals surface area contributed by atoms with E-state index in [0.717, 1.165) is 78.9 Å². The van der Waals surface area contributed by atoms with Crippen LogP contribution in [0, 0.1) is 45.2 Å². The minimum Gasteiger partial charge on any atom is -0.465 e. The average Bonchev–Trinajstić information content (AvgIpc) is 3.65. The van der Waals surface area contributed by atoms with Crippen LogP contribution in [-0.2, 0) is 28.3 Å². The van der Waals surface area contributed by atoms with Crippen molar-refractivity contribution >= 4 is 47.1 Å². The second kappa shape index (κ2) is 17.7. The summed E-state index contributed by atoms with van der Waals surface area (Å²) in [5.41, 5.74) is 9.16. The van der Waals surface area contributed by atoms with Crippen LogP contribution in [0.25, 0.3) is 11.3 Å². The largest absolute Gasteiger partial charge is 0.495 e. The van der Waals surface area contributed by atoms with Gasteiger partial charge in [-0.05, 0) is 126 Å². The highest BCUT2D eigenvalue weighted by atomic mass is 127. The first-order valence-electron chi connectivity index (χ1n) is 18.1. The van der Waals surface area contributed by atoms with Crippen molar-refractivity contribution in [2.75, 3.05) is 40.6 Å². The van der Waals surface area contributed by atoms with E-state index >= 15 is 0 Å². The lowest BCUT2D eigenvalue weighted by Crippen LogP contribution is -2.41. The van der Waals surface area contributed by atoms with Crippen molar-refractivity contribution in [2.45, 2.75) is 99.7 Å². The molecule has 298 valence electrons. The minimum atomic E-state index is -0.473. The fraction of sp³-hybridized carbons (Fsp3) is 0.512. The number of aromatic amines is 2. The van der Waals surface area contributed by atoms with Crippen molar-refractivity contribution in [1.82, 2.24) is 19.9 Å². The zero-order valence-corrected chi connectivity index (χ0v) is 35.6. The molecule has 2 aromatic heterocycles. The number of benzene rings is 2. The molecule has 5 heterocycles. The lowest BCUT2D eigenvalue weighted by atomic mass is 9.75. The van der Waals surface area contributed by atoms with E-state index in [1.807, 2.05) is 93.5 Å². The van der Waals surface area contributed by atoms with Gasteiger partial charge in [-0.1, -0.05) is 25.1 Å². The van der Waals surface area contributed by atoms with Gasteiger partial charge in [-0.15, -0.1) is 0 Å². The molecule has 0 atom stereocenters. The highest BCUT2D eigenvalue weighted by Crippen LogP contribution is 2.37. The number of carbonyl (C=O) groups is 2. The molecular weight excluding hydrogens is 814 g/mol. The number of nitrogens with zero attached hydrogens (tertiary/aromatic N) is 2. The van der Waals surface area contributed by atoms with Crippen LogP contribution in [0.15, 0.2) is 24.3 Å². The molecule has 0 amide bonds. The number of halogens is 1. The number of hydrogen-bond acceptors (Lipinski definition) is 10. The summed E-state index contributed by atoms with van der Waals surface area (Å²) in [5, 5.41) is 0. The van der Waals surface area contributed by atoms with Crippen LogP contribution in [0.4, 0.5) is 0 Å². The normalized spacial score (nSPS) is 17.1. The molecule has 3 saturated heterocycles. The fourth-order valence-corrected chi connectivity index (χ4v) is 6.64. The average molecular weight is 871 g/mol. The van der Waals surface area contributed by atoms with Gasteiger partial charge in [-0.3, -0.25) is 0 Å². The van der Waals surface area contributed by atoms with E-state index in [2.05, 4.69) is 37.5 Å². The molecule has 0 bridgehead atoms. The number of aromatic nitrogens is 4. The molecule has 3 aliphatic rings. The predicted molar refractivity (Wildman–Crippen MR) is 222 cm³/mol. The van der Waals surface area contributed by atoms with Gasteiger partial charge in [0.2, 0.25) is 0 Å². The maximum Gasteiger partial charge on any atom is 0.495 e. The lowest BCUT2D eigenvalue weighted by molar-refractivity contribution is 0.00508. The van der Waals surface area contributed by atoms with Crippen molar-refractivity contribution in [2.24, 2.45) is 0 Å². The van der Waals surface area contributed by atoms with Gasteiger partial charge in [0.1, 0.15) is 15.3 Å². The summed E-state index contributed by atoms with van der Waals surface area (Å²) in [6.07, 6.45) is 0. The molecule has 2 aromatic carbocycles. The molecule has 2 N–H and O–H groups in total. The first-order valence-corrected chi connectivity index (χ1v) is 19.1. The quantitative estimate of drug-likeness (QED) is 0.115. The van der Waals surface area contributed by atoms with E-state index in [1.165, 1.54) is 14.2 Å². The van der Waals surface area contributed by atoms with Gasteiger partial charge >= 0.3 is 19.1 Å². The van der Waals surface area contributed by atoms with Crippen molar-refractivity contribution in [3.63, 3.8) is 0 Å². The predicted octanol–water partition coefficient (Wildman–Crippen LogP) is 7.36. The number of carbonyl (C=O) groups excluding carboxylic acids is 2. The van der Waals surface area contributed by atoms with Crippen LogP contribution in [0.1, 0.15) is 113 Å². The van der Waals surface area contributed by atoms with E-state index in [1.54, 1.807) is 0 Å². The van der Waals surface area contributed by atoms with Gasteiger partial charge in [0.05, 0.1) is 80.5 Å². The van der Waals surface area contributed by atoms with E-state index in [0.29, 0.717) is 36.2 Å². The van der Waals surface area contributed by atoms with Crippen molar-refractivity contribution in [3.05, 3.63) is 84.4 Å². The van der Waals surface area contributed by atoms with Crippen LogP contribution >= 0.6 is 22.6 Å². The van der Waals surface area contributed by atoms with E-state index in [9.17, 15) is 9.59 Å². The third-order valence-corrected chi connectivity index (χ3v) is 11.6. The highest BCUT2D eigenvalue weighted by molar-refractivity contribution is 14.1. The zero-order chi connectivity index (χ0) is 39.7. The Labute approximate surface area is 339 Å². The Morgan fingerprint density at radius 2 is 1.16 bits per heavy atom. The Kier molecular flexibility index (Phi) is 14.2. The maximum absolute atomic E-state index is 11.9. The second-order valence-electron chi connectivity index (χ2n) is 15.2. The first kappa shape index (κ1) is 44.2. The topological polar surface area (TPSA) is 147 Å². The summed E-state index contributed by atoms with van der Waals surface area (Å²) in [6, 6.07) is 7.66. The van der Waals surface area contributed by atoms with Gasteiger partial charge in [0.15, 0.2) is 0 Å². The summed E-state index contributed by atoms with van der Waals surface area (Å²) in [7, 11) is 2.31. The molecule has 0 aliphatic carbocycles. The highest BCUT2D eigenvalue weighted by Gasteiger charge is 2.52. The summed E-state index contributed by atoms with van der Waals surface area (Å²) in [6.45, 7) is 23.0. The van der Waals surface area contributed by atoms with Crippen molar-refractivity contribution in [1.29, 1.82) is 0 Å². The SMILES string of the molecule is C.COC(=O)c1cc(-c2nc(C3COC3)[nH]c2C)c(C)cc1C.COC(=O)c1cc(B2OC(C)(C)C(C)(C)O2)c(C)cc1C.Cc1[nH]c(C2COC2)nc1I. The molecule has 0 saturated carbocycles. The van der Waals surface area contributed by atoms with Crippen LogP contribution < -0.4 is 5.46 Å². The molecule has 0 unspecified atom stereocenters. The van der Waals surface area contributed by atoms with Gasteiger partial charge in [-0.2, -0.15) is 0 Å². The summed E-state index contributed by atoms with van der Waals surface area (Å²) < 4.78 is 33.2.